The Morgan fingerprint density at radius 2 is 1.88 bits per heavy atom. The van der Waals surface area contributed by atoms with E-state index < -0.39 is 0 Å². The van der Waals surface area contributed by atoms with E-state index in [9.17, 15) is 0 Å². The van der Waals surface area contributed by atoms with Crippen LogP contribution in [0.3, 0.4) is 0 Å². The van der Waals surface area contributed by atoms with E-state index in [4.69, 9.17) is 14.5 Å². The summed E-state index contributed by atoms with van der Waals surface area (Å²) in [6, 6.07) is 11.6. The van der Waals surface area contributed by atoms with Crippen molar-refractivity contribution in [1.29, 1.82) is 0 Å². The van der Waals surface area contributed by atoms with Crippen molar-refractivity contribution in [1.82, 2.24) is 19.7 Å². The van der Waals surface area contributed by atoms with Crippen LogP contribution >= 0.6 is 0 Å². The lowest BCUT2D eigenvalue weighted by Crippen LogP contribution is -1.95. The third kappa shape index (κ3) is 2.75. The second-order valence-corrected chi connectivity index (χ2v) is 5.90. The summed E-state index contributed by atoms with van der Waals surface area (Å²) in [6.07, 6.45) is 5.52. The van der Waals surface area contributed by atoms with Crippen LogP contribution in [-0.4, -0.2) is 34.0 Å². The number of nitrogens with zero attached hydrogens (tertiary/aromatic N) is 4. The predicted molar refractivity (Wildman–Crippen MR) is 100 cm³/mol. The van der Waals surface area contributed by atoms with Crippen LogP contribution < -0.4 is 9.47 Å². The van der Waals surface area contributed by atoms with Crippen molar-refractivity contribution in [2.45, 2.75) is 0 Å². The molecule has 4 aromatic rings. The van der Waals surface area contributed by atoms with Gasteiger partial charge in [0.15, 0.2) is 0 Å². The number of benzene rings is 1. The summed E-state index contributed by atoms with van der Waals surface area (Å²) >= 11 is 0. The fourth-order valence-electron chi connectivity index (χ4n) is 3.01. The highest BCUT2D eigenvalue weighted by Gasteiger charge is 2.16. The molecule has 0 atom stereocenters. The van der Waals surface area contributed by atoms with E-state index in [1.165, 1.54) is 0 Å². The van der Waals surface area contributed by atoms with Gasteiger partial charge in [-0.05, 0) is 18.2 Å². The molecule has 3 heterocycles. The lowest BCUT2D eigenvalue weighted by atomic mass is 10.0. The third-order valence-electron chi connectivity index (χ3n) is 4.24. The Hall–Kier alpha value is -3.41. The highest BCUT2D eigenvalue weighted by molar-refractivity contribution is 6.00. The van der Waals surface area contributed by atoms with E-state index in [0.29, 0.717) is 11.5 Å². The summed E-state index contributed by atoms with van der Waals surface area (Å²) in [7, 11) is 5.16. The molecule has 0 unspecified atom stereocenters. The number of hydrogen-bond donors (Lipinski definition) is 0. The second kappa shape index (κ2) is 6.48. The highest BCUT2D eigenvalue weighted by atomic mass is 16.5. The van der Waals surface area contributed by atoms with E-state index in [-0.39, 0.29) is 0 Å². The molecule has 0 spiro atoms. The Morgan fingerprint density at radius 1 is 1.00 bits per heavy atom. The molecule has 0 saturated heterocycles. The quantitative estimate of drug-likeness (QED) is 0.564. The molecule has 0 radical (unpaired) electrons. The van der Waals surface area contributed by atoms with Gasteiger partial charge in [-0.15, -0.1) is 0 Å². The van der Waals surface area contributed by atoms with Crippen LogP contribution in [-0.2, 0) is 7.05 Å². The standard InChI is InChI=1S/C20H18N4O2/c1-24-12-13(11-22-24)17-10-15(16-6-4-5-7-21-16)20-18(23-17)8-14(25-2)9-19(20)26-3/h4-12H,1-3H3. The van der Waals surface area contributed by atoms with Crippen molar-refractivity contribution in [3.05, 3.63) is 55.0 Å². The van der Waals surface area contributed by atoms with E-state index in [0.717, 1.165) is 33.4 Å². The van der Waals surface area contributed by atoms with Gasteiger partial charge in [0.2, 0.25) is 0 Å². The Kier molecular flexibility index (Phi) is 4.01. The Bertz CT molecular complexity index is 1070. The van der Waals surface area contributed by atoms with Crippen molar-refractivity contribution in [3.8, 4) is 34.0 Å². The van der Waals surface area contributed by atoms with Gasteiger partial charge < -0.3 is 9.47 Å². The summed E-state index contributed by atoms with van der Waals surface area (Å²) in [5, 5.41) is 5.16. The summed E-state index contributed by atoms with van der Waals surface area (Å²) < 4.78 is 12.8. The molecule has 3 aromatic heterocycles. The number of aromatic nitrogens is 4. The summed E-state index contributed by atoms with van der Waals surface area (Å²) in [6.45, 7) is 0. The Balaban J connectivity index is 2.07. The van der Waals surface area contributed by atoms with E-state index in [2.05, 4.69) is 10.1 Å². The maximum atomic E-state index is 5.62. The molecular formula is C20H18N4O2. The topological polar surface area (TPSA) is 62.1 Å². The maximum absolute atomic E-state index is 5.62. The van der Waals surface area contributed by atoms with Crippen LogP contribution in [0.1, 0.15) is 0 Å². The molecule has 6 heteroatoms. The van der Waals surface area contributed by atoms with Gasteiger partial charge in [-0.2, -0.15) is 5.10 Å². The van der Waals surface area contributed by atoms with Crippen LogP contribution in [0.25, 0.3) is 33.4 Å². The van der Waals surface area contributed by atoms with E-state index in [1.807, 2.05) is 49.6 Å². The molecule has 4 rings (SSSR count). The number of aryl methyl sites for hydroxylation is 1. The van der Waals surface area contributed by atoms with E-state index >= 15 is 0 Å². The van der Waals surface area contributed by atoms with Crippen molar-refractivity contribution >= 4 is 10.9 Å². The van der Waals surface area contributed by atoms with Crippen molar-refractivity contribution < 1.29 is 9.47 Å². The molecule has 0 aliphatic carbocycles. The number of ether oxygens (including phenoxy) is 2. The van der Waals surface area contributed by atoms with Crippen LogP contribution in [0.2, 0.25) is 0 Å². The first-order valence-electron chi connectivity index (χ1n) is 8.17. The number of fused-ring (bicyclic) bond motifs is 1. The summed E-state index contributed by atoms with van der Waals surface area (Å²) in [4.78, 5) is 9.34. The predicted octanol–water partition coefficient (Wildman–Crippen LogP) is 3.71. The van der Waals surface area contributed by atoms with Crippen LogP contribution in [0.4, 0.5) is 0 Å². The van der Waals surface area contributed by atoms with Gasteiger partial charge in [-0.1, -0.05) is 6.07 Å². The molecule has 130 valence electrons. The lowest BCUT2D eigenvalue weighted by Gasteiger charge is -2.13. The van der Waals surface area contributed by atoms with Crippen molar-refractivity contribution in [2.24, 2.45) is 7.05 Å². The van der Waals surface area contributed by atoms with Crippen molar-refractivity contribution in [2.75, 3.05) is 14.2 Å². The first-order valence-corrected chi connectivity index (χ1v) is 8.17. The Morgan fingerprint density at radius 3 is 2.54 bits per heavy atom. The van der Waals surface area contributed by atoms with Gasteiger partial charge in [0.1, 0.15) is 11.5 Å². The molecule has 26 heavy (non-hydrogen) atoms. The van der Waals surface area contributed by atoms with Gasteiger partial charge >= 0.3 is 0 Å². The van der Waals surface area contributed by atoms with Gasteiger partial charge in [0.05, 0.1) is 42.7 Å². The van der Waals surface area contributed by atoms with Crippen LogP contribution in [0.15, 0.2) is 55.0 Å². The van der Waals surface area contributed by atoms with Gasteiger partial charge in [-0.3, -0.25) is 9.67 Å². The molecule has 0 bridgehead atoms. The first-order chi connectivity index (χ1) is 12.7. The SMILES string of the molecule is COc1cc(OC)c2c(-c3ccccn3)cc(-c3cnn(C)c3)nc2c1. The lowest BCUT2D eigenvalue weighted by molar-refractivity contribution is 0.398. The highest BCUT2D eigenvalue weighted by Crippen LogP contribution is 2.38. The normalized spacial score (nSPS) is 10.9. The molecule has 6 nitrogen and oxygen atoms in total. The van der Waals surface area contributed by atoms with Crippen LogP contribution in [0, 0.1) is 0 Å². The first kappa shape index (κ1) is 16.1. The zero-order valence-corrected chi connectivity index (χ0v) is 14.8. The van der Waals surface area contributed by atoms with Crippen molar-refractivity contribution in [3.63, 3.8) is 0 Å². The van der Waals surface area contributed by atoms with Gasteiger partial charge in [-0.25, -0.2) is 4.98 Å². The molecule has 0 fully saturated rings. The molecule has 0 saturated carbocycles. The number of hydrogen-bond acceptors (Lipinski definition) is 5. The smallest absolute Gasteiger partial charge is 0.132 e. The molecule has 0 N–H and O–H groups in total. The molecular weight excluding hydrogens is 328 g/mol. The molecule has 0 amide bonds. The number of methoxy groups -OCH3 is 2. The fourth-order valence-corrected chi connectivity index (χ4v) is 3.01. The minimum absolute atomic E-state index is 0.692. The molecule has 1 aromatic carbocycles. The zero-order chi connectivity index (χ0) is 18.1. The van der Waals surface area contributed by atoms with Gasteiger partial charge in [0, 0.05) is 42.7 Å². The second-order valence-electron chi connectivity index (χ2n) is 5.90. The number of pyridine rings is 2. The summed E-state index contributed by atoms with van der Waals surface area (Å²) in [5.74, 6) is 1.39. The summed E-state index contributed by atoms with van der Waals surface area (Å²) in [5.41, 5.74) is 4.35. The van der Waals surface area contributed by atoms with E-state index in [1.54, 1.807) is 31.3 Å². The zero-order valence-electron chi connectivity index (χ0n) is 14.8. The third-order valence-corrected chi connectivity index (χ3v) is 4.24. The molecule has 0 aliphatic heterocycles. The number of rotatable bonds is 4. The monoisotopic (exact) mass is 346 g/mol. The largest absolute Gasteiger partial charge is 0.497 e. The molecule has 0 aliphatic rings. The maximum Gasteiger partial charge on any atom is 0.132 e. The average molecular weight is 346 g/mol. The van der Waals surface area contributed by atoms with Gasteiger partial charge in [0.25, 0.3) is 0 Å². The van der Waals surface area contributed by atoms with Crippen LogP contribution in [0.5, 0.6) is 11.5 Å². The fraction of sp³-hybridized carbons (Fsp3) is 0.150. The Labute approximate surface area is 151 Å². The average Bonchev–Trinajstić information content (AvgIpc) is 3.13. The minimum atomic E-state index is 0.692. The minimum Gasteiger partial charge on any atom is -0.497 e.